The van der Waals surface area contributed by atoms with E-state index in [-0.39, 0.29) is 30.8 Å². The topological polar surface area (TPSA) is 84.9 Å². The van der Waals surface area contributed by atoms with Crippen LogP contribution in [0.5, 0.6) is 11.5 Å². The number of ether oxygens (including phenoxy) is 2. The van der Waals surface area contributed by atoms with Gasteiger partial charge in [0.05, 0.1) is 7.11 Å². The first kappa shape index (κ1) is 29.0. The molecule has 1 aromatic rings. The number of nitrogens with one attached hydrogen (secondary N) is 1. The Kier molecular flexibility index (Phi) is 19.1. The first-order chi connectivity index (χ1) is 13.9. The van der Waals surface area contributed by atoms with Gasteiger partial charge in [0.2, 0.25) is 0 Å². The number of methoxy groups -OCH3 is 1. The van der Waals surface area contributed by atoms with Crippen molar-refractivity contribution in [3.8, 4) is 11.5 Å². The summed E-state index contributed by atoms with van der Waals surface area (Å²) in [6.45, 7) is 12.2. The number of hydrogen-bond donors (Lipinski definition) is 2. The molecule has 168 valence electrons. The van der Waals surface area contributed by atoms with E-state index < -0.39 is 0 Å². The molecule has 0 radical (unpaired) electrons. The fourth-order valence-corrected chi connectivity index (χ4v) is 2.05. The number of benzene rings is 1. The summed E-state index contributed by atoms with van der Waals surface area (Å²) in [6, 6.07) is 3.25. The van der Waals surface area contributed by atoms with Gasteiger partial charge in [-0.1, -0.05) is 60.3 Å². The molecule has 0 atom stereocenters. The first-order valence-corrected chi connectivity index (χ1v) is 10.7. The number of aromatic hydroxyl groups is 1. The van der Waals surface area contributed by atoms with Crippen LogP contribution in [-0.4, -0.2) is 30.7 Å². The van der Waals surface area contributed by atoms with Gasteiger partial charge in [0.1, 0.15) is 0 Å². The number of rotatable bonds is 10. The minimum absolute atomic E-state index is 0.0566. The zero-order valence-corrected chi connectivity index (χ0v) is 19.4. The molecule has 0 aliphatic carbocycles. The number of carbonyl (C=O) groups excluding carboxylic acids is 2. The van der Waals surface area contributed by atoms with Gasteiger partial charge in [-0.3, -0.25) is 9.59 Å². The molecule has 0 saturated carbocycles. The summed E-state index contributed by atoms with van der Waals surface area (Å²) < 4.78 is 9.96. The number of carbonyl (C=O) groups is 2. The van der Waals surface area contributed by atoms with E-state index in [1.807, 2.05) is 20.8 Å². The summed E-state index contributed by atoms with van der Waals surface area (Å²) >= 11 is 0. The molecule has 0 saturated heterocycles. The van der Waals surface area contributed by atoms with Crippen LogP contribution in [-0.2, 0) is 20.9 Å². The predicted octanol–water partition coefficient (Wildman–Crippen LogP) is 5.28. The third-order valence-electron chi connectivity index (χ3n) is 3.96. The Morgan fingerprint density at radius 2 is 1.66 bits per heavy atom. The van der Waals surface area contributed by atoms with Gasteiger partial charge >= 0.3 is 5.97 Å². The van der Waals surface area contributed by atoms with Crippen molar-refractivity contribution in [2.24, 2.45) is 0 Å². The van der Waals surface area contributed by atoms with E-state index in [9.17, 15) is 14.7 Å². The maximum Gasteiger partial charge on any atom is 0.306 e. The Hall–Kier alpha value is -2.24. The fourth-order valence-electron chi connectivity index (χ4n) is 2.05. The van der Waals surface area contributed by atoms with Crippen LogP contribution >= 0.6 is 0 Å². The third-order valence-corrected chi connectivity index (χ3v) is 3.96. The van der Waals surface area contributed by atoms with Crippen LogP contribution in [0.2, 0.25) is 0 Å². The lowest BCUT2D eigenvalue weighted by molar-refractivity contribution is -0.148. The second kappa shape index (κ2) is 19.1. The SMILES string of the molecule is CC.CCCC.CCCCCC(=O)OCC(=O)NCc1cc(OC)c(O)cc1C. The van der Waals surface area contributed by atoms with Gasteiger partial charge in [0.15, 0.2) is 18.1 Å². The molecule has 1 aromatic carbocycles. The van der Waals surface area contributed by atoms with Crippen molar-refractivity contribution in [3.63, 3.8) is 0 Å². The largest absolute Gasteiger partial charge is 0.504 e. The van der Waals surface area contributed by atoms with Crippen LogP contribution in [0.3, 0.4) is 0 Å². The summed E-state index contributed by atoms with van der Waals surface area (Å²) in [5.41, 5.74) is 1.66. The molecule has 6 nitrogen and oxygen atoms in total. The number of amides is 1. The zero-order valence-electron chi connectivity index (χ0n) is 19.4. The van der Waals surface area contributed by atoms with Crippen LogP contribution in [0.25, 0.3) is 0 Å². The number of phenols is 1. The minimum Gasteiger partial charge on any atom is -0.504 e. The van der Waals surface area contributed by atoms with Crippen molar-refractivity contribution < 1.29 is 24.2 Å². The number of esters is 1. The molecule has 0 bridgehead atoms. The summed E-state index contributed by atoms with van der Waals surface area (Å²) in [6.07, 6.45) is 5.77. The highest BCUT2D eigenvalue weighted by Gasteiger charge is 2.10. The van der Waals surface area contributed by atoms with Crippen molar-refractivity contribution in [1.29, 1.82) is 0 Å². The number of phenolic OH excluding ortho intramolecular Hbond substituents is 1. The molecular formula is C23H41NO5. The summed E-state index contributed by atoms with van der Waals surface area (Å²) in [4.78, 5) is 23.1. The average Bonchev–Trinajstić information content (AvgIpc) is 2.73. The van der Waals surface area contributed by atoms with Gasteiger partial charge in [-0.2, -0.15) is 0 Å². The first-order valence-electron chi connectivity index (χ1n) is 10.7. The smallest absolute Gasteiger partial charge is 0.306 e. The molecule has 2 N–H and O–H groups in total. The lowest BCUT2D eigenvalue weighted by atomic mass is 10.1. The van der Waals surface area contributed by atoms with Gasteiger partial charge in [-0.25, -0.2) is 0 Å². The Labute approximate surface area is 177 Å². The Bertz CT molecular complexity index is 571. The van der Waals surface area contributed by atoms with E-state index >= 15 is 0 Å². The lowest BCUT2D eigenvalue weighted by Gasteiger charge is -2.11. The highest BCUT2D eigenvalue weighted by molar-refractivity contribution is 5.80. The maximum absolute atomic E-state index is 11.7. The van der Waals surface area contributed by atoms with Crippen LogP contribution in [0.15, 0.2) is 12.1 Å². The molecule has 0 aliphatic heterocycles. The Balaban J connectivity index is 0. The normalized spacial score (nSPS) is 9.34. The summed E-state index contributed by atoms with van der Waals surface area (Å²) in [7, 11) is 1.46. The predicted molar refractivity (Wildman–Crippen MR) is 118 cm³/mol. The highest BCUT2D eigenvalue weighted by Crippen LogP contribution is 2.28. The van der Waals surface area contributed by atoms with E-state index in [2.05, 4.69) is 26.1 Å². The van der Waals surface area contributed by atoms with E-state index in [1.54, 1.807) is 12.1 Å². The van der Waals surface area contributed by atoms with Crippen molar-refractivity contribution in [3.05, 3.63) is 23.3 Å². The van der Waals surface area contributed by atoms with Gasteiger partial charge < -0.3 is 19.9 Å². The molecule has 0 heterocycles. The van der Waals surface area contributed by atoms with E-state index in [0.717, 1.165) is 30.4 Å². The van der Waals surface area contributed by atoms with Crippen molar-refractivity contribution >= 4 is 11.9 Å². The number of unbranched alkanes of at least 4 members (excludes halogenated alkanes) is 3. The van der Waals surface area contributed by atoms with Gasteiger partial charge in [0, 0.05) is 13.0 Å². The molecule has 0 unspecified atom stereocenters. The average molecular weight is 412 g/mol. The van der Waals surface area contributed by atoms with E-state index in [4.69, 9.17) is 9.47 Å². The summed E-state index contributed by atoms with van der Waals surface area (Å²) in [5.74, 6) is -0.306. The van der Waals surface area contributed by atoms with Crippen molar-refractivity contribution in [1.82, 2.24) is 5.32 Å². The molecule has 6 heteroatoms. The molecule has 0 aliphatic rings. The van der Waals surface area contributed by atoms with Crippen molar-refractivity contribution in [2.45, 2.75) is 86.6 Å². The molecule has 1 rings (SSSR count). The Morgan fingerprint density at radius 3 is 2.17 bits per heavy atom. The van der Waals surface area contributed by atoms with Crippen LogP contribution in [0, 0.1) is 6.92 Å². The lowest BCUT2D eigenvalue weighted by Crippen LogP contribution is -2.28. The molecule has 0 fully saturated rings. The van der Waals surface area contributed by atoms with Gasteiger partial charge in [-0.15, -0.1) is 0 Å². The monoisotopic (exact) mass is 411 g/mol. The molecule has 0 aromatic heterocycles. The molecule has 1 amide bonds. The fraction of sp³-hybridized carbons (Fsp3) is 0.652. The molecule has 29 heavy (non-hydrogen) atoms. The number of hydrogen-bond acceptors (Lipinski definition) is 5. The second-order valence-corrected chi connectivity index (χ2v) is 6.35. The van der Waals surface area contributed by atoms with E-state index in [1.165, 1.54) is 20.0 Å². The second-order valence-electron chi connectivity index (χ2n) is 6.35. The van der Waals surface area contributed by atoms with Crippen LogP contribution < -0.4 is 10.1 Å². The third kappa shape index (κ3) is 14.4. The summed E-state index contributed by atoms with van der Waals surface area (Å²) in [5, 5.41) is 12.3. The van der Waals surface area contributed by atoms with E-state index in [0.29, 0.717) is 12.2 Å². The quantitative estimate of drug-likeness (QED) is 0.404. The van der Waals surface area contributed by atoms with Crippen LogP contribution in [0.4, 0.5) is 0 Å². The zero-order chi connectivity index (χ0) is 22.7. The maximum atomic E-state index is 11.7. The van der Waals surface area contributed by atoms with Gasteiger partial charge in [-0.05, 0) is 36.6 Å². The number of aryl methyl sites for hydroxylation is 1. The minimum atomic E-state index is -0.361. The van der Waals surface area contributed by atoms with Gasteiger partial charge in [0.25, 0.3) is 5.91 Å². The van der Waals surface area contributed by atoms with Crippen LogP contribution in [0.1, 0.15) is 84.3 Å². The molecular weight excluding hydrogens is 370 g/mol. The standard InChI is InChI=1S/C17H25NO5.C4H10.C2H6/c1-4-5-6-7-17(21)23-11-16(20)18-10-13-9-15(22-3)14(19)8-12(13)2;1-3-4-2;1-2/h8-9,19H,4-7,10-11H2,1-3H3,(H,18,20);3-4H2,1-2H3;1-2H3. The van der Waals surface area contributed by atoms with Crippen molar-refractivity contribution in [2.75, 3.05) is 13.7 Å². The Morgan fingerprint density at radius 1 is 1.03 bits per heavy atom. The highest BCUT2D eigenvalue weighted by atomic mass is 16.5. The molecule has 0 spiro atoms.